The van der Waals surface area contributed by atoms with Gasteiger partial charge in [0.05, 0.1) is 6.04 Å². The lowest BCUT2D eigenvalue weighted by molar-refractivity contribution is -0.122. The van der Waals surface area contributed by atoms with Crippen LogP contribution in [0.25, 0.3) is 0 Å². The van der Waals surface area contributed by atoms with Gasteiger partial charge in [-0.15, -0.1) is 0 Å². The van der Waals surface area contributed by atoms with Crippen LogP contribution in [0.5, 0.6) is 5.75 Å². The monoisotopic (exact) mass is 275 g/mol. The fourth-order valence-electron chi connectivity index (χ4n) is 1.77. The quantitative estimate of drug-likeness (QED) is 0.579. The van der Waals surface area contributed by atoms with Gasteiger partial charge >= 0.3 is 0 Å². The van der Waals surface area contributed by atoms with Crippen LogP contribution in [-0.4, -0.2) is 38.8 Å². The summed E-state index contributed by atoms with van der Waals surface area (Å²) in [5.74, 6) is 0.703. The van der Waals surface area contributed by atoms with E-state index in [1.165, 1.54) is 6.33 Å². The highest BCUT2D eigenvalue weighted by Gasteiger charge is 2.13. The maximum Gasteiger partial charge on any atom is 0.237 e. The van der Waals surface area contributed by atoms with Crippen molar-refractivity contribution in [2.75, 3.05) is 6.54 Å². The molecule has 1 aromatic heterocycles. The number of aromatic hydroxyl groups is 1. The molecule has 2 aromatic rings. The Hall–Kier alpha value is -2.41. The number of H-pyrrole nitrogens is 1. The van der Waals surface area contributed by atoms with Gasteiger partial charge in [0.15, 0.2) is 0 Å². The highest BCUT2D eigenvalue weighted by Crippen LogP contribution is 2.10. The molecule has 1 heterocycles. The van der Waals surface area contributed by atoms with Crippen LogP contribution in [0.2, 0.25) is 0 Å². The molecule has 2 rings (SSSR count). The number of nitrogens with two attached hydrogens (primary N) is 1. The highest BCUT2D eigenvalue weighted by molar-refractivity contribution is 5.81. The molecule has 0 saturated heterocycles. The van der Waals surface area contributed by atoms with Crippen molar-refractivity contribution in [3.63, 3.8) is 0 Å². The number of nitrogens with one attached hydrogen (secondary N) is 2. The van der Waals surface area contributed by atoms with E-state index in [-0.39, 0.29) is 11.7 Å². The number of hydrogen-bond donors (Lipinski definition) is 4. The maximum absolute atomic E-state index is 11.8. The van der Waals surface area contributed by atoms with Crippen molar-refractivity contribution in [3.05, 3.63) is 42.0 Å². The first-order valence-corrected chi connectivity index (χ1v) is 6.30. The molecule has 7 heteroatoms. The van der Waals surface area contributed by atoms with Crippen LogP contribution in [0, 0.1) is 0 Å². The zero-order valence-corrected chi connectivity index (χ0v) is 10.9. The summed E-state index contributed by atoms with van der Waals surface area (Å²) < 4.78 is 0. The van der Waals surface area contributed by atoms with Gasteiger partial charge < -0.3 is 16.2 Å². The van der Waals surface area contributed by atoms with E-state index in [2.05, 4.69) is 20.5 Å². The Morgan fingerprint density at radius 2 is 2.15 bits per heavy atom. The third-order valence-electron chi connectivity index (χ3n) is 2.85. The largest absolute Gasteiger partial charge is 0.508 e. The second-order valence-corrected chi connectivity index (χ2v) is 4.45. The van der Waals surface area contributed by atoms with Crippen LogP contribution in [0.1, 0.15) is 11.4 Å². The van der Waals surface area contributed by atoms with Crippen molar-refractivity contribution >= 4 is 5.91 Å². The van der Waals surface area contributed by atoms with Gasteiger partial charge in [0.2, 0.25) is 5.91 Å². The summed E-state index contributed by atoms with van der Waals surface area (Å²) >= 11 is 0. The van der Waals surface area contributed by atoms with Crippen molar-refractivity contribution in [2.24, 2.45) is 5.73 Å². The average Bonchev–Trinajstić information content (AvgIpc) is 2.94. The first kappa shape index (κ1) is 14.0. The van der Waals surface area contributed by atoms with Gasteiger partial charge in [0.1, 0.15) is 17.9 Å². The molecule has 1 amide bonds. The smallest absolute Gasteiger partial charge is 0.237 e. The molecule has 1 atom stereocenters. The number of nitrogens with zero attached hydrogens (tertiary/aromatic N) is 2. The SMILES string of the molecule is N[C@@H](Cc1ccc(O)cc1)C(=O)NCCc1ncn[nH]1. The Kier molecular flexibility index (Phi) is 4.67. The summed E-state index contributed by atoms with van der Waals surface area (Å²) in [5, 5.41) is 18.4. The molecule has 0 bridgehead atoms. The molecule has 20 heavy (non-hydrogen) atoms. The summed E-state index contributed by atoms with van der Waals surface area (Å²) in [6, 6.07) is 6.02. The van der Waals surface area contributed by atoms with Crippen LogP contribution in [0.15, 0.2) is 30.6 Å². The van der Waals surface area contributed by atoms with Gasteiger partial charge in [-0.3, -0.25) is 9.89 Å². The minimum atomic E-state index is -0.616. The predicted octanol–water partition coefficient (Wildman–Crippen LogP) is -0.261. The minimum Gasteiger partial charge on any atom is -0.508 e. The van der Waals surface area contributed by atoms with Crippen LogP contribution in [0.4, 0.5) is 0 Å². The van der Waals surface area contributed by atoms with Gasteiger partial charge in [0.25, 0.3) is 0 Å². The Morgan fingerprint density at radius 3 is 2.80 bits per heavy atom. The number of benzene rings is 1. The Labute approximate surface area is 116 Å². The molecule has 0 aliphatic rings. The number of aromatic amines is 1. The molecule has 0 unspecified atom stereocenters. The Morgan fingerprint density at radius 1 is 1.40 bits per heavy atom. The lowest BCUT2D eigenvalue weighted by Crippen LogP contribution is -2.42. The van der Waals surface area contributed by atoms with Crippen LogP contribution in [0.3, 0.4) is 0 Å². The summed E-state index contributed by atoms with van der Waals surface area (Å²) in [6.07, 6.45) is 2.43. The topological polar surface area (TPSA) is 117 Å². The summed E-state index contributed by atoms with van der Waals surface area (Å²) in [5.41, 5.74) is 6.74. The number of hydrogen-bond acceptors (Lipinski definition) is 5. The van der Waals surface area contributed by atoms with Crippen LogP contribution < -0.4 is 11.1 Å². The second-order valence-electron chi connectivity index (χ2n) is 4.45. The molecule has 0 fully saturated rings. The molecule has 5 N–H and O–H groups in total. The van der Waals surface area contributed by atoms with E-state index >= 15 is 0 Å². The Balaban J connectivity index is 1.75. The number of carbonyl (C=O) groups is 1. The summed E-state index contributed by atoms with van der Waals surface area (Å²) in [6.45, 7) is 0.456. The number of carbonyl (C=O) groups excluding carboxylic acids is 1. The van der Waals surface area contributed by atoms with Gasteiger partial charge in [-0.05, 0) is 24.1 Å². The molecule has 1 aromatic carbocycles. The number of phenols is 1. The number of aromatic nitrogens is 3. The van der Waals surface area contributed by atoms with E-state index in [0.29, 0.717) is 19.4 Å². The van der Waals surface area contributed by atoms with E-state index in [1.54, 1.807) is 24.3 Å². The third kappa shape index (κ3) is 4.06. The number of amides is 1. The highest BCUT2D eigenvalue weighted by atomic mass is 16.3. The molecular weight excluding hydrogens is 258 g/mol. The fourth-order valence-corrected chi connectivity index (χ4v) is 1.77. The van der Waals surface area contributed by atoms with Gasteiger partial charge in [-0.25, -0.2) is 4.98 Å². The van der Waals surface area contributed by atoms with Gasteiger partial charge in [-0.1, -0.05) is 12.1 Å². The lowest BCUT2D eigenvalue weighted by atomic mass is 10.1. The predicted molar refractivity (Wildman–Crippen MR) is 72.9 cm³/mol. The molecule has 0 radical (unpaired) electrons. The number of phenolic OH excluding ortho intramolecular Hbond substituents is 1. The lowest BCUT2D eigenvalue weighted by Gasteiger charge is -2.12. The standard InChI is InChI=1S/C13H17N5O2/c14-11(7-9-1-3-10(19)4-2-9)13(20)15-6-5-12-16-8-17-18-12/h1-4,8,11,19H,5-7,14H2,(H,15,20)(H,16,17,18)/t11-/m0/s1. The Bertz CT molecular complexity index is 538. The zero-order chi connectivity index (χ0) is 14.4. The summed E-state index contributed by atoms with van der Waals surface area (Å²) in [4.78, 5) is 15.8. The molecule has 0 aliphatic carbocycles. The van der Waals surface area contributed by atoms with E-state index in [4.69, 9.17) is 5.73 Å². The average molecular weight is 275 g/mol. The molecule has 106 valence electrons. The second kappa shape index (κ2) is 6.67. The molecular formula is C13H17N5O2. The van der Waals surface area contributed by atoms with E-state index < -0.39 is 6.04 Å². The van der Waals surface area contributed by atoms with E-state index in [0.717, 1.165) is 11.4 Å². The maximum atomic E-state index is 11.8. The minimum absolute atomic E-state index is 0.193. The first-order valence-electron chi connectivity index (χ1n) is 6.30. The molecule has 0 aliphatic heterocycles. The molecule has 0 saturated carbocycles. The van der Waals surface area contributed by atoms with Crippen LogP contribution >= 0.6 is 0 Å². The van der Waals surface area contributed by atoms with E-state index in [9.17, 15) is 9.90 Å². The van der Waals surface area contributed by atoms with Crippen molar-refractivity contribution in [1.82, 2.24) is 20.5 Å². The normalized spacial score (nSPS) is 12.1. The molecule has 7 nitrogen and oxygen atoms in total. The van der Waals surface area contributed by atoms with Crippen molar-refractivity contribution < 1.29 is 9.90 Å². The third-order valence-corrected chi connectivity index (χ3v) is 2.85. The molecule has 0 spiro atoms. The van der Waals surface area contributed by atoms with Crippen molar-refractivity contribution in [2.45, 2.75) is 18.9 Å². The van der Waals surface area contributed by atoms with Crippen LogP contribution in [-0.2, 0) is 17.6 Å². The van der Waals surface area contributed by atoms with Crippen molar-refractivity contribution in [1.29, 1.82) is 0 Å². The fraction of sp³-hybridized carbons (Fsp3) is 0.308. The number of rotatable bonds is 6. The summed E-state index contributed by atoms with van der Waals surface area (Å²) in [7, 11) is 0. The zero-order valence-electron chi connectivity index (χ0n) is 10.9. The van der Waals surface area contributed by atoms with E-state index in [1.807, 2.05) is 0 Å². The van der Waals surface area contributed by atoms with Gasteiger partial charge in [0, 0.05) is 13.0 Å². The van der Waals surface area contributed by atoms with Crippen molar-refractivity contribution in [3.8, 4) is 5.75 Å². The van der Waals surface area contributed by atoms with Gasteiger partial charge in [-0.2, -0.15) is 5.10 Å². The first-order chi connectivity index (χ1) is 9.65.